The van der Waals surface area contributed by atoms with Gasteiger partial charge in [0.25, 0.3) is 0 Å². The predicted molar refractivity (Wildman–Crippen MR) is 181 cm³/mol. The monoisotopic (exact) mass is 638 g/mol. The molecule has 5 rings (SSSR count). The third-order valence-electron chi connectivity index (χ3n) is 7.73. The molecular weight excluding hydrogens is 592 g/mol. The van der Waals surface area contributed by atoms with Crippen molar-refractivity contribution < 1.29 is 33.2 Å². The van der Waals surface area contributed by atoms with Crippen molar-refractivity contribution in [1.82, 2.24) is 0 Å². The van der Waals surface area contributed by atoms with Crippen molar-refractivity contribution in [2.75, 3.05) is 19.8 Å². The van der Waals surface area contributed by atoms with Gasteiger partial charge in [-0.3, -0.25) is 0 Å². The highest BCUT2D eigenvalue weighted by atomic mass is 16.7. The molecule has 0 bridgehead atoms. The lowest BCUT2D eigenvalue weighted by Gasteiger charge is -2.40. The molecule has 0 spiro atoms. The SMILES string of the molecule is CCOC(OCC)[C@H](OCc1ccccc1)C1=C[C@@H](OCc2ccccc2)[C@@H](OCc2ccccc2)[C@@H](COCc2ccccc2)O1. The van der Waals surface area contributed by atoms with Crippen LogP contribution < -0.4 is 0 Å². The minimum Gasteiger partial charge on any atom is -0.487 e. The summed E-state index contributed by atoms with van der Waals surface area (Å²) in [6, 6.07) is 40.4. The van der Waals surface area contributed by atoms with Crippen molar-refractivity contribution in [2.45, 2.75) is 71.0 Å². The summed E-state index contributed by atoms with van der Waals surface area (Å²) < 4.78 is 45.0. The van der Waals surface area contributed by atoms with Crippen LogP contribution in [0.15, 0.2) is 133 Å². The van der Waals surface area contributed by atoms with E-state index in [1.54, 1.807) is 0 Å². The molecule has 0 unspecified atom stereocenters. The lowest BCUT2D eigenvalue weighted by Crippen LogP contribution is -2.50. The van der Waals surface area contributed by atoms with Crippen molar-refractivity contribution in [3.63, 3.8) is 0 Å². The summed E-state index contributed by atoms with van der Waals surface area (Å²) in [7, 11) is 0. The van der Waals surface area contributed by atoms with Crippen LogP contribution >= 0.6 is 0 Å². The molecule has 1 aliphatic rings. The van der Waals surface area contributed by atoms with Crippen molar-refractivity contribution in [1.29, 1.82) is 0 Å². The van der Waals surface area contributed by atoms with Gasteiger partial charge >= 0.3 is 0 Å². The van der Waals surface area contributed by atoms with Gasteiger partial charge in [0, 0.05) is 13.2 Å². The van der Waals surface area contributed by atoms with Gasteiger partial charge in [0.05, 0.1) is 33.0 Å². The van der Waals surface area contributed by atoms with E-state index in [0.717, 1.165) is 22.3 Å². The summed E-state index contributed by atoms with van der Waals surface area (Å²) in [6.45, 7) is 6.63. The fraction of sp³-hybridized carbons (Fsp3) is 0.350. The van der Waals surface area contributed by atoms with Crippen LogP contribution in [0.5, 0.6) is 0 Å². The molecule has 0 saturated heterocycles. The summed E-state index contributed by atoms with van der Waals surface area (Å²) in [5.74, 6) is 0.568. The summed E-state index contributed by atoms with van der Waals surface area (Å²) >= 11 is 0. The molecule has 4 aromatic carbocycles. The standard InChI is InChI=1S/C40H46O7/c1-3-42-40(43-4-2)39(46-29-34-23-15-8-16-24-34)36-25-35(44-27-32-19-11-6-12-20-32)38(45-28-33-21-13-7-14-22-33)37(47-36)30-41-26-31-17-9-5-10-18-31/h5-25,35,37-40H,3-4,26-30H2,1-2H3/t35-,37-,38-,39-/m1/s1. The van der Waals surface area contributed by atoms with Crippen molar-refractivity contribution >= 4 is 0 Å². The molecule has 4 atom stereocenters. The molecule has 47 heavy (non-hydrogen) atoms. The Hall–Kier alpha value is -3.82. The largest absolute Gasteiger partial charge is 0.487 e. The van der Waals surface area contributed by atoms with Crippen LogP contribution in [0.3, 0.4) is 0 Å². The van der Waals surface area contributed by atoms with E-state index < -0.39 is 30.7 Å². The van der Waals surface area contributed by atoms with Crippen molar-refractivity contribution in [3.8, 4) is 0 Å². The second kappa shape index (κ2) is 19.1. The fourth-order valence-electron chi connectivity index (χ4n) is 5.39. The Morgan fingerprint density at radius 1 is 0.553 bits per heavy atom. The molecule has 0 aromatic heterocycles. The van der Waals surface area contributed by atoms with Crippen LogP contribution in [0.1, 0.15) is 36.1 Å². The molecule has 7 heteroatoms. The van der Waals surface area contributed by atoms with Gasteiger partial charge in [0.15, 0.2) is 18.5 Å². The topological polar surface area (TPSA) is 64.6 Å². The third kappa shape index (κ3) is 10.9. The quantitative estimate of drug-likeness (QED) is 0.0979. The summed E-state index contributed by atoms with van der Waals surface area (Å²) in [5, 5.41) is 0. The Bertz CT molecular complexity index is 1430. The van der Waals surface area contributed by atoms with E-state index in [1.165, 1.54) is 0 Å². The maximum atomic E-state index is 6.78. The molecule has 0 saturated carbocycles. The van der Waals surface area contributed by atoms with Gasteiger partial charge in [0.2, 0.25) is 0 Å². The van der Waals surface area contributed by atoms with E-state index in [0.29, 0.717) is 45.4 Å². The average molecular weight is 639 g/mol. The zero-order valence-electron chi connectivity index (χ0n) is 27.3. The lowest BCUT2D eigenvalue weighted by atomic mass is 10.0. The highest BCUT2D eigenvalue weighted by Crippen LogP contribution is 2.31. The molecule has 0 aliphatic carbocycles. The number of rotatable bonds is 19. The Morgan fingerprint density at radius 3 is 1.53 bits per heavy atom. The van der Waals surface area contributed by atoms with Gasteiger partial charge < -0.3 is 33.2 Å². The second-order valence-electron chi connectivity index (χ2n) is 11.2. The predicted octanol–water partition coefficient (Wildman–Crippen LogP) is 7.64. The van der Waals surface area contributed by atoms with E-state index in [1.807, 2.05) is 129 Å². The average Bonchev–Trinajstić information content (AvgIpc) is 3.12. The number of benzene rings is 4. The molecule has 7 nitrogen and oxygen atoms in total. The zero-order chi connectivity index (χ0) is 32.5. The van der Waals surface area contributed by atoms with Gasteiger partial charge in [-0.25, -0.2) is 0 Å². The highest BCUT2D eigenvalue weighted by molar-refractivity contribution is 5.19. The van der Waals surface area contributed by atoms with Crippen LogP contribution in [0, 0.1) is 0 Å². The normalized spacial score (nSPS) is 18.4. The molecule has 1 aliphatic heterocycles. The number of ether oxygens (including phenoxy) is 7. The van der Waals surface area contributed by atoms with Gasteiger partial charge in [-0.05, 0) is 42.2 Å². The van der Waals surface area contributed by atoms with E-state index in [9.17, 15) is 0 Å². The Morgan fingerprint density at radius 2 is 1.02 bits per heavy atom. The summed E-state index contributed by atoms with van der Waals surface area (Å²) in [4.78, 5) is 0. The first-order valence-corrected chi connectivity index (χ1v) is 16.4. The molecule has 0 N–H and O–H groups in total. The first kappa shape index (κ1) is 34.5. The van der Waals surface area contributed by atoms with Gasteiger partial charge in [-0.2, -0.15) is 0 Å². The van der Waals surface area contributed by atoms with Crippen LogP contribution in [0.4, 0.5) is 0 Å². The molecule has 4 aromatic rings. The summed E-state index contributed by atoms with van der Waals surface area (Å²) in [5.41, 5.74) is 4.23. The van der Waals surface area contributed by atoms with Gasteiger partial charge in [-0.1, -0.05) is 121 Å². The van der Waals surface area contributed by atoms with E-state index in [4.69, 9.17) is 33.2 Å². The molecule has 1 heterocycles. The Labute approximate surface area is 279 Å². The Balaban J connectivity index is 1.45. The van der Waals surface area contributed by atoms with E-state index in [-0.39, 0.29) is 6.61 Å². The van der Waals surface area contributed by atoms with Crippen molar-refractivity contribution in [3.05, 3.63) is 155 Å². The number of hydrogen-bond acceptors (Lipinski definition) is 7. The zero-order valence-corrected chi connectivity index (χ0v) is 27.3. The molecule has 0 radical (unpaired) electrons. The lowest BCUT2D eigenvalue weighted by molar-refractivity contribution is -0.218. The summed E-state index contributed by atoms with van der Waals surface area (Å²) in [6.07, 6.45) is -0.833. The van der Waals surface area contributed by atoms with Crippen molar-refractivity contribution in [2.24, 2.45) is 0 Å². The molecule has 0 amide bonds. The second-order valence-corrected chi connectivity index (χ2v) is 11.2. The van der Waals surface area contributed by atoms with E-state index >= 15 is 0 Å². The van der Waals surface area contributed by atoms with Crippen LogP contribution in [0.2, 0.25) is 0 Å². The third-order valence-corrected chi connectivity index (χ3v) is 7.73. The van der Waals surface area contributed by atoms with Crippen LogP contribution in [0.25, 0.3) is 0 Å². The minimum atomic E-state index is -0.692. The minimum absolute atomic E-state index is 0.274. The number of hydrogen-bond donors (Lipinski definition) is 0. The fourth-order valence-corrected chi connectivity index (χ4v) is 5.39. The highest BCUT2D eigenvalue weighted by Gasteiger charge is 2.41. The molecular formula is C40H46O7. The maximum absolute atomic E-state index is 6.78. The Kier molecular flexibility index (Phi) is 14.0. The van der Waals surface area contributed by atoms with Gasteiger partial charge in [0.1, 0.15) is 18.0 Å². The first-order valence-electron chi connectivity index (χ1n) is 16.4. The van der Waals surface area contributed by atoms with Crippen LogP contribution in [-0.4, -0.2) is 50.5 Å². The molecule has 0 fully saturated rings. The van der Waals surface area contributed by atoms with Gasteiger partial charge in [-0.15, -0.1) is 0 Å². The smallest absolute Gasteiger partial charge is 0.190 e. The van der Waals surface area contributed by atoms with E-state index in [2.05, 4.69) is 12.1 Å². The molecule has 248 valence electrons. The first-order chi connectivity index (χ1) is 23.2. The van der Waals surface area contributed by atoms with Crippen LogP contribution in [-0.2, 0) is 59.6 Å². The maximum Gasteiger partial charge on any atom is 0.190 e.